The largest absolute Gasteiger partial charge is 0.481 e. The maximum absolute atomic E-state index is 11.8. The Balaban J connectivity index is 2.09. The van der Waals surface area contributed by atoms with Crippen LogP contribution in [0.2, 0.25) is 0 Å². The average Bonchev–Trinajstić information content (AvgIpc) is 2.89. The Bertz CT molecular complexity index is 548. The summed E-state index contributed by atoms with van der Waals surface area (Å²) in [7, 11) is 0. The molecule has 0 saturated carbocycles. The van der Waals surface area contributed by atoms with Crippen LogP contribution in [0, 0.1) is 12.3 Å². The number of amides is 1. The van der Waals surface area contributed by atoms with Gasteiger partial charge in [-0.1, -0.05) is 25.0 Å². The fourth-order valence-electron chi connectivity index (χ4n) is 2.72. The summed E-state index contributed by atoms with van der Waals surface area (Å²) >= 11 is 0. The van der Waals surface area contributed by atoms with Gasteiger partial charge in [-0.2, -0.15) is 0 Å². The van der Waals surface area contributed by atoms with Crippen LogP contribution in [0.15, 0.2) is 18.2 Å². The summed E-state index contributed by atoms with van der Waals surface area (Å²) < 4.78 is 5.83. The van der Waals surface area contributed by atoms with Gasteiger partial charge in [-0.3, -0.25) is 4.79 Å². The van der Waals surface area contributed by atoms with E-state index in [2.05, 4.69) is 29.5 Å². The van der Waals surface area contributed by atoms with Crippen molar-refractivity contribution in [3.8, 4) is 18.1 Å². The quantitative estimate of drug-likeness (QED) is 0.784. The average molecular weight is 286 g/mol. The molecule has 4 nitrogen and oxygen atoms in total. The molecule has 2 N–H and O–H groups in total. The van der Waals surface area contributed by atoms with E-state index < -0.39 is 6.10 Å². The molecular formula is C17H22N2O2. The molecule has 0 aromatic heterocycles. The van der Waals surface area contributed by atoms with Crippen molar-refractivity contribution in [2.75, 3.05) is 13.1 Å². The molecule has 0 heterocycles. The molecule has 1 aliphatic carbocycles. The number of terminal acetylenes is 1. The van der Waals surface area contributed by atoms with E-state index >= 15 is 0 Å². The number of hydrogen-bond acceptors (Lipinski definition) is 3. The fraction of sp³-hybridized carbons (Fsp3) is 0.471. The molecule has 21 heavy (non-hydrogen) atoms. The Hall–Kier alpha value is -1.99. The van der Waals surface area contributed by atoms with Crippen molar-refractivity contribution in [1.29, 1.82) is 0 Å². The fourth-order valence-corrected chi connectivity index (χ4v) is 2.72. The molecule has 112 valence electrons. The summed E-state index contributed by atoms with van der Waals surface area (Å²) in [4.78, 5) is 11.8. The Morgan fingerprint density at radius 2 is 2.38 bits per heavy atom. The number of carbonyl (C=O) groups is 1. The van der Waals surface area contributed by atoms with Gasteiger partial charge >= 0.3 is 0 Å². The van der Waals surface area contributed by atoms with Gasteiger partial charge in [0.1, 0.15) is 5.75 Å². The van der Waals surface area contributed by atoms with Crippen molar-refractivity contribution < 1.29 is 9.53 Å². The minimum atomic E-state index is -0.553. The van der Waals surface area contributed by atoms with Crippen LogP contribution in [-0.2, 0) is 11.2 Å². The summed E-state index contributed by atoms with van der Waals surface area (Å²) in [5, 5.41) is 6.11. The molecule has 0 aliphatic heterocycles. The maximum Gasteiger partial charge on any atom is 0.261 e. The van der Waals surface area contributed by atoms with Crippen molar-refractivity contribution in [3.63, 3.8) is 0 Å². The number of rotatable bonds is 6. The monoisotopic (exact) mass is 286 g/mol. The SMILES string of the molecule is C#CCNC(=O)C(C)Oc1cccc2c1CCC2NCC. The number of nitrogens with one attached hydrogen (secondary N) is 2. The van der Waals surface area contributed by atoms with Crippen molar-refractivity contribution >= 4 is 5.91 Å². The van der Waals surface area contributed by atoms with Gasteiger partial charge in [0.15, 0.2) is 6.10 Å². The topological polar surface area (TPSA) is 50.4 Å². The van der Waals surface area contributed by atoms with E-state index in [9.17, 15) is 4.79 Å². The normalized spacial score (nSPS) is 17.7. The molecule has 4 heteroatoms. The van der Waals surface area contributed by atoms with Crippen LogP contribution in [0.5, 0.6) is 5.75 Å². The summed E-state index contributed by atoms with van der Waals surface area (Å²) in [5.74, 6) is 3.00. The maximum atomic E-state index is 11.8. The number of ether oxygens (including phenoxy) is 1. The highest BCUT2D eigenvalue weighted by atomic mass is 16.5. The minimum absolute atomic E-state index is 0.188. The second-order valence-electron chi connectivity index (χ2n) is 5.15. The van der Waals surface area contributed by atoms with Gasteiger partial charge in [-0.15, -0.1) is 6.42 Å². The van der Waals surface area contributed by atoms with Gasteiger partial charge in [0.2, 0.25) is 0 Å². The zero-order chi connectivity index (χ0) is 15.2. The first-order chi connectivity index (χ1) is 10.2. The number of benzene rings is 1. The van der Waals surface area contributed by atoms with Crippen LogP contribution in [-0.4, -0.2) is 25.1 Å². The third-order valence-electron chi connectivity index (χ3n) is 3.72. The molecule has 1 aromatic carbocycles. The third kappa shape index (κ3) is 3.56. The molecule has 0 spiro atoms. The molecule has 0 radical (unpaired) electrons. The van der Waals surface area contributed by atoms with E-state index in [0.717, 1.165) is 25.1 Å². The summed E-state index contributed by atoms with van der Waals surface area (Å²) in [6.45, 7) is 5.01. The minimum Gasteiger partial charge on any atom is -0.481 e. The van der Waals surface area contributed by atoms with Crippen molar-refractivity contribution in [2.45, 2.75) is 38.8 Å². The molecule has 0 fully saturated rings. The highest BCUT2D eigenvalue weighted by Crippen LogP contribution is 2.37. The first kappa shape index (κ1) is 15.4. The smallest absolute Gasteiger partial charge is 0.261 e. The van der Waals surface area contributed by atoms with E-state index in [1.54, 1.807) is 6.92 Å². The first-order valence-corrected chi connectivity index (χ1v) is 7.40. The van der Waals surface area contributed by atoms with Crippen LogP contribution >= 0.6 is 0 Å². The molecule has 2 atom stereocenters. The van der Waals surface area contributed by atoms with Gasteiger partial charge in [0.05, 0.1) is 6.54 Å². The third-order valence-corrected chi connectivity index (χ3v) is 3.72. The summed E-state index contributed by atoms with van der Waals surface area (Å²) in [6, 6.07) is 6.43. The predicted molar refractivity (Wildman–Crippen MR) is 83.1 cm³/mol. The Morgan fingerprint density at radius 3 is 3.10 bits per heavy atom. The lowest BCUT2D eigenvalue weighted by Gasteiger charge is -2.17. The van der Waals surface area contributed by atoms with Crippen LogP contribution in [0.25, 0.3) is 0 Å². The zero-order valence-electron chi connectivity index (χ0n) is 12.6. The number of fused-ring (bicyclic) bond motifs is 1. The van der Waals surface area contributed by atoms with Crippen LogP contribution < -0.4 is 15.4 Å². The summed E-state index contributed by atoms with van der Waals surface area (Å²) in [5.41, 5.74) is 2.49. The van der Waals surface area contributed by atoms with E-state index in [0.29, 0.717) is 6.04 Å². The van der Waals surface area contributed by atoms with Crippen LogP contribution in [0.3, 0.4) is 0 Å². The van der Waals surface area contributed by atoms with Gasteiger partial charge in [-0.05, 0) is 43.5 Å². The Kier molecular flexibility index (Phi) is 5.24. The molecular weight excluding hydrogens is 264 g/mol. The molecule has 0 saturated heterocycles. The van der Waals surface area contributed by atoms with Gasteiger partial charge < -0.3 is 15.4 Å². The molecule has 0 bridgehead atoms. The van der Waals surface area contributed by atoms with Crippen molar-refractivity contribution in [3.05, 3.63) is 29.3 Å². The molecule has 1 aromatic rings. The van der Waals surface area contributed by atoms with Crippen molar-refractivity contribution in [1.82, 2.24) is 10.6 Å². The summed E-state index contributed by atoms with van der Waals surface area (Å²) in [6.07, 6.45) is 6.63. The molecule has 2 rings (SSSR count). The Labute approximate surface area is 126 Å². The standard InChI is InChI=1S/C17H22N2O2/c1-4-11-19-17(20)12(3)21-16-8-6-7-13-14(16)9-10-15(13)18-5-2/h1,6-8,12,15,18H,5,9-11H2,2-3H3,(H,19,20). The predicted octanol–water partition coefficient (Wildman–Crippen LogP) is 1.80. The van der Waals surface area contributed by atoms with Gasteiger partial charge in [0, 0.05) is 6.04 Å². The van der Waals surface area contributed by atoms with E-state index in [-0.39, 0.29) is 12.5 Å². The lowest BCUT2D eigenvalue weighted by atomic mass is 10.1. The van der Waals surface area contributed by atoms with E-state index in [4.69, 9.17) is 11.2 Å². The molecule has 1 amide bonds. The lowest BCUT2D eigenvalue weighted by molar-refractivity contribution is -0.127. The van der Waals surface area contributed by atoms with Gasteiger partial charge in [0.25, 0.3) is 5.91 Å². The second-order valence-corrected chi connectivity index (χ2v) is 5.15. The lowest BCUT2D eigenvalue weighted by Crippen LogP contribution is -2.36. The zero-order valence-corrected chi connectivity index (χ0v) is 12.6. The highest BCUT2D eigenvalue weighted by molar-refractivity contribution is 5.81. The van der Waals surface area contributed by atoms with E-state index in [1.807, 2.05) is 12.1 Å². The number of carbonyl (C=O) groups excluding carboxylic acids is 1. The van der Waals surface area contributed by atoms with Gasteiger partial charge in [-0.25, -0.2) is 0 Å². The van der Waals surface area contributed by atoms with Crippen LogP contribution in [0.4, 0.5) is 0 Å². The Morgan fingerprint density at radius 1 is 1.57 bits per heavy atom. The van der Waals surface area contributed by atoms with Crippen molar-refractivity contribution in [2.24, 2.45) is 0 Å². The number of hydrogen-bond donors (Lipinski definition) is 2. The first-order valence-electron chi connectivity index (χ1n) is 7.40. The second kappa shape index (κ2) is 7.14. The van der Waals surface area contributed by atoms with Crippen LogP contribution in [0.1, 0.15) is 37.4 Å². The molecule has 1 aliphatic rings. The molecule has 2 unspecified atom stereocenters. The highest BCUT2D eigenvalue weighted by Gasteiger charge is 2.25. The van der Waals surface area contributed by atoms with E-state index in [1.165, 1.54) is 11.1 Å².